The van der Waals surface area contributed by atoms with E-state index >= 15 is 0 Å². The Morgan fingerprint density at radius 2 is 2.37 bits per heavy atom. The highest BCUT2D eigenvalue weighted by Crippen LogP contribution is 2.21. The summed E-state index contributed by atoms with van der Waals surface area (Å²) in [5.74, 6) is 0.689. The van der Waals surface area contributed by atoms with Gasteiger partial charge in [0, 0.05) is 17.5 Å². The fourth-order valence-corrected chi connectivity index (χ4v) is 2.79. The van der Waals surface area contributed by atoms with Crippen LogP contribution in [-0.2, 0) is 6.42 Å². The maximum Gasteiger partial charge on any atom is 0.348 e. The van der Waals surface area contributed by atoms with Gasteiger partial charge in [-0.05, 0) is 18.6 Å². The van der Waals surface area contributed by atoms with Gasteiger partial charge in [0.1, 0.15) is 12.1 Å². The van der Waals surface area contributed by atoms with Crippen molar-refractivity contribution in [2.75, 3.05) is 11.9 Å². The van der Waals surface area contributed by atoms with Crippen molar-refractivity contribution in [2.24, 2.45) is 0 Å². The Morgan fingerprint density at radius 1 is 1.47 bits per heavy atom. The Hall–Kier alpha value is -1.86. The molecule has 98 valence electrons. The molecule has 0 amide bonds. The summed E-state index contributed by atoms with van der Waals surface area (Å²) in [5, 5.41) is 9.43. The largest absolute Gasteiger partial charge is 0.370 e. The number of aromatic nitrogens is 4. The lowest BCUT2D eigenvalue weighted by Gasteiger charge is -2.03. The van der Waals surface area contributed by atoms with Crippen molar-refractivity contribution in [3.8, 4) is 0 Å². The minimum absolute atomic E-state index is 0.290. The smallest absolute Gasteiger partial charge is 0.348 e. The molecule has 0 atom stereocenters. The second kappa shape index (κ2) is 5.02. The zero-order valence-electron chi connectivity index (χ0n) is 9.76. The maximum absolute atomic E-state index is 11.3. The lowest BCUT2D eigenvalue weighted by atomic mass is 10.3. The topological polar surface area (TPSA) is 75.1 Å². The lowest BCUT2D eigenvalue weighted by molar-refractivity contribution is 0.981. The van der Waals surface area contributed by atoms with Gasteiger partial charge in [0.15, 0.2) is 5.65 Å². The molecule has 0 saturated heterocycles. The monoisotopic (exact) mass is 295 g/mol. The molecule has 2 N–H and O–H groups in total. The molecule has 0 aliphatic heterocycles. The van der Waals surface area contributed by atoms with Crippen LogP contribution in [0.2, 0.25) is 4.34 Å². The Bertz CT molecular complexity index is 762. The fraction of sp³-hybridized carbons (Fsp3) is 0.182. The number of rotatable bonds is 4. The van der Waals surface area contributed by atoms with Crippen LogP contribution in [0.4, 0.5) is 5.82 Å². The van der Waals surface area contributed by atoms with Gasteiger partial charge in [-0.25, -0.2) is 19.3 Å². The normalized spacial score (nSPS) is 11.0. The van der Waals surface area contributed by atoms with Gasteiger partial charge in [0.05, 0.1) is 4.34 Å². The van der Waals surface area contributed by atoms with Gasteiger partial charge in [0.2, 0.25) is 0 Å². The van der Waals surface area contributed by atoms with E-state index in [4.69, 9.17) is 11.6 Å². The van der Waals surface area contributed by atoms with E-state index < -0.39 is 0 Å². The van der Waals surface area contributed by atoms with E-state index in [0.29, 0.717) is 11.5 Å². The van der Waals surface area contributed by atoms with Gasteiger partial charge >= 0.3 is 5.69 Å². The highest BCUT2D eigenvalue weighted by molar-refractivity contribution is 7.16. The summed E-state index contributed by atoms with van der Waals surface area (Å²) in [6.07, 6.45) is 2.32. The van der Waals surface area contributed by atoms with Crippen LogP contribution >= 0.6 is 22.9 Å². The lowest BCUT2D eigenvalue weighted by Crippen LogP contribution is -2.11. The van der Waals surface area contributed by atoms with Crippen molar-refractivity contribution in [1.29, 1.82) is 0 Å². The van der Waals surface area contributed by atoms with Crippen molar-refractivity contribution in [3.05, 3.63) is 44.2 Å². The molecule has 0 aliphatic carbocycles. The van der Waals surface area contributed by atoms with Crippen LogP contribution in [0, 0.1) is 0 Å². The van der Waals surface area contributed by atoms with Crippen LogP contribution in [0.25, 0.3) is 5.65 Å². The van der Waals surface area contributed by atoms with E-state index in [1.807, 2.05) is 12.1 Å². The predicted octanol–water partition coefficient (Wildman–Crippen LogP) is 1.79. The van der Waals surface area contributed by atoms with E-state index in [0.717, 1.165) is 17.3 Å². The first-order valence-electron chi connectivity index (χ1n) is 5.63. The number of H-pyrrole nitrogens is 1. The van der Waals surface area contributed by atoms with Crippen LogP contribution in [0.15, 0.2) is 29.3 Å². The molecule has 0 unspecified atom stereocenters. The minimum Gasteiger partial charge on any atom is -0.370 e. The van der Waals surface area contributed by atoms with Gasteiger partial charge in [0.25, 0.3) is 0 Å². The number of halogens is 1. The molecule has 0 bridgehead atoms. The maximum atomic E-state index is 11.3. The average molecular weight is 296 g/mol. The summed E-state index contributed by atoms with van der Waals surface area (Å²) >= 11 is 7.44. The molecule has 0 aromatic carbocycles. The zero-order valence-corrected chi connectivity index (χ0v) is 11.3. The number of thiophene rings is 1. The van der Waals surface area contributed by atoms with Crippen molar-refractivity contribution >= 4 is 34.4 Å². The van der Waals surface area contributed by atoms with Crippen LogP contribution < -0.4 is 11.0 Å². The van der Waals surface area contributed by atoms with Crippen LogP contribution in [0.5, 0.6) is 0 Å². The third-order valence-corrected chi connectivity index (χ3v) is 3.91. The third-order valence-electron chi connectivity index (χ3n) is 2.62. The van der Waals surface area contributed by atoms with E-state index in [1.165, 1.54) is 15.6 Å². The minimum atomic E-state index is -0.290. The molecular formula is C11H10ClN5OS. The Labute approximate surface area is 117 Å². The molecule has 8 heteroatoms. The van der Waals surface area contributed by atoms with Gasteiger partial charge in [-0.1, -0.05) is 11.6 Å². The number of nitrogens with one attached hydrogen (secondary N) is 2. The predicted molar refractivity (Wildman–Crippen MR) is 75.1 cm³/mol. The molecule has 0 fully saturated rings. The average Bonchev–Trinajstić information content (AvgIpc) is 2.97. The second-order valence-corrected chi connectivity index (χ2v) is 5.71. The van der Waals surface area contributed by atoms with Gasteiger partial charge in [-0.3, -0.25) is 0 Å². The SMILES string of the molecule is O=c1[nH]nc2cc(NCCc3ccc(Cl)s3)ncn12. The summed E-state index contributed by atoms with van der Waals surface area (Å²) in [6, 6.07) is 5.62. The molecular weight excluding hydrogens is 286 g/mol. The summed E-state index contributed by atoms with van der Waals surface area (Å²) in [4.78, 5) is 16.6. The first-order chi connectivity index (χ1) is 9.22. The van der Waals surface area contributed by atoms with Gasteiger partial charge in [-0.15, -0.1) is 11.3 Å². The van der Waals surface area contributed by atoms with Gasteiger partial charge < -0.3 is 5.32 Å². The first-order valence-corrected chi connectivity index (χ1v) is 6.83. The molecule has 19 heavy (non-hydrogen) atoms. The summed E-state index contributed by atoms with van der Waals surface area (Å²) in [6.45, 7) is 0.745. The quantitative estimate of drug-likeness (QED) is 0.769. The van der Waals surface area contributed by atoms with E-state index in [9.17, 15) is 4.79 Å². The second-order valence-electron chi connectivity index (χ2n) is 3.91. The third kappa shape index (κ3) is 2.61. The standard InChI is InChI=1S/C11H10ClN5OS/c12-8-2-1-7(19-8)3-4-13-9-5-10-15-16-11(18)17(10)6-14-9/h1-2,5-6,13H,3-4H2,(H,16,18). The van der Waals surface area contributed by atoms with Crippen molar-refractivity contribution < 1.29 is 0 Å². The molecule has 3 aromatic rings. The number of nitrogens with zero attached hydrogens (tertiary/aromatic N) is 3. The van der Waals surface area contributed by atoms with Crippen molar-refractivity contribution in [2.45, 2.75) is 6.42 Å². The molecule has 6 nitrogen and oxygen atoms in total. The van der Waals surface area contributed by atoms with E-state index in [1.54, 1.807) is 17.4 Å². The molecule has 3 rings (SSSR count). The van der Waals surface area contributed by atoms with Crippen molar-refractivity contribution in [1.82, 2.24) is 19.6 Å². The van der Waals surface area contributed by atoms with E-state index in [-0.39, 0.29) is 5.69 Å². The number of aromatic amines is 1. The molecule has 3 aromatic heterocycles. The van der Waals surface area contributed by atoms with Crippen molar-refractivity contribution in [3.63, 3.8) is 0 Å². The molecule has 0 spiro atoms. The molecule has 3 heterocycles. The summed E-state index contributed by atoms with van der Waals surface area (Å²) < 4.78 is 2.15. The van der Waals surface area contributed by atoms with Gasteiger partial charge in [-0.2, -0.15) is 5.10 Å². The van der Waals surface area contributed by atoms with Crippen LogP contribution in [0.1, 0.15) is 4.88 Å². The Kier molecular flexibility index (Phi) is 3.22. The number of hydrogen-bond acceptors (Lipinski definition) is 5. The first kappa shape index (κ1) is 12.2. The highest BCUT2D eigenvalue weighted by Gasteiger charge is 2.02. The number of fused-ring (bicyclic) bond motifs is 1. The molecule has 0 saturated carbocycles. The Balaban J connectivity index is 1.66. The number of hydrogen-bond donors (Lipinski definition) is 2. The summed E-state index contributed by atoms with van der Waals surface area (Å²) in [5.41, 5.74) is 0.254. The highest BCUT2D eigenvalue weighted by atomic mass is 35.5. The molecule has 0 radical (unpaired) electrons. The number of anilines is 1. The summed E-state index contributed by atoms with van der Waals surface area (Å²) in [7, 11) is 0. The van der Waals surface area contributed by atoms with Crippen LogP contribution in [0.3, 0.4) is 0 Å². The fourth-order valence-electron chi connectivity index (χ4n) is 1.71. The Morgan fingerprint density at radius 3 is 3.16 bits per heavy atom. The van der Waals surface area contributed by atoms with E-state index in [2.05, 4.69) is 20.5 Å². The molecule has 0 aliphatic rings. The van der Waals surface area contributed by atoms with Crippen LogP contribution in [-0.4, -0.2) is 26.1 Å². The zero-order chi connectivity index (χ0) is 13.2.